The summed E-state index contributed by atoms with van der Waals surface area (Å²) in [5, 5.41) is 2.59. The fraction of sp³-hybridized carbons (Fsp3) is 0.235. The molecule has 0 aromatic heterocycles. The Labute approximate surface area is 138 Å². The van der Waals surface area contributed by atoms with Crippen LogP contribution in [0.5, 0.6) is 0 Å². The Morgan fingerprint density at radius 2 is 1.78 bits per heavy atom. The first kappa shape index (κ1) is 17.4. The Balaban J connectivity index is 2.12. The summed E-state index contributed by atoms with van der Waals surface area (Å²) < 4.78 is 26.4. The lowest BCUT2D eigenvalue weighted by Gasteiger charge is -2.25. The van der Waals surface area contributed by atoms with E-state index in [1.165, 1.54) is 0 Å². The van der Waals surface area contributed by atoms with Crippen molar-refractivity contribution in [3.63, 3.8) is 0 Å². The van der Waals surface area contributed by atoms with Crippen LogP contribution in [0.15, 0.2) is 42.5 Å². The average molecular weight is 339 g/mol. The van der Waals surface area contributed by atoms with Crippen LogP contribution in [0.4, 0.5) is 8.78 Å². The predicted molar refractivity (Wildman–Crippen MR) is 86.6 cm³/mol. The Kier molecular flexibility index (Phi) is 5.69. The molecule has 1 amide bonds. The fourth-order valence-electron chi connectivity index (χ4n) is 2.25. The van der Waals surface area contributed by atoms with E-state index in [-0.39, 0.29) is 16.6 Å². The van der Waals surface area contributed by atoms with Crippen molar-refractivity contribution in [3.8, 4) is 0 Å². The highest BCUT2D eigenvalue weighted by Gasteiger charge is 2.18. The third-order valence-electron chi connectivity index (χ3n) is 3.52. The number of hydrogen-bond acceptors (Lipinski definition) is 2. The maximum atomic E-state index is 13.3. The second kappa shape index (κ2) is 7.53. The topological polar surface area (TPSA) is 32.3 Å². The van der Waals surface area contributed by atoms with E-state index in [0.717, 1.165) is 17.7 Å². The van der Waals surface area contributed by atoms with Crippen molar-refractivity contribution in [1.29, 1.82) is 0 Å². The minimum atomic E-state index is -1.10. The van der Waals surface area contributed by atoms with Crippen molar-refractivity contribution in [2.24, 2.45) is 0 Å². The summed E-state index contributed by atoms with van der Waals surface area (Å²) in [5.74, 6) is -2.73. The van der Waals surface area contributed by atoms with Crippen LogP contribution >= 0.6 is 11.6 Å². The number of nitrogens with one attached hydrogen (secondary N) is 1. The first-order chi connectivity index (χ1) is 10.9. The van der Waals surface area contributed by atoms with Gasteiger partial charge in [0.1, 0.15) is 0 Å². The summed E-state index contributed by atoms with van der Waals surface area (Å²) in [6.07, 6.45) is 0. The minimum absolute atomic E-state index is 0.0516. The van der Waals surface area contributed by atoms with Gasteiger partial charge in [-0.25, -0.2) is 8.78 Å². The van der Waals surface area contributed by atoms with E-state index in [0.29, 0.717) is 6.54 Å². The van der Waals surface area contributed by atoms with E-state index < -0.39 is 17.5 Å². The normalized spacial score (nSPS) is 12.3. The predicted octanol–water partition coefficient (Wildman–Crippen LogP) is 3.65. The molecule has 0 fully saturated rings. The first-order valence-electron chi connectivity index (χ1n) is 7.04. The van der Waals surface area contributed by atoms with E-state index in [9.17, 15) is 13.6 Å². The lowest BCUT2D eigenvalue weighted by atomic mass is 10.1. The molecule has 6 heteroatoms. The van der Waals surface area contributed by atoms with Crippen LogP contribution in [0.2, 0.25) is 5.02 Å². The standard InChI is InChI=1S/C17H17ClF2N2O/c1-22(2)16(11-6-4-3-5-7-11)10-21-17(23)12-8-14(19)15(20)9-13(12)18/h3-9,16H,10H2,1-2H3,(H,21,23)/t16-/m0/s1. The van der Waals surface area contributed by atoms with Gasteiger partial charge in [0.15, 0.2) is 11.6 Å². The SMILES string of the molecule is CN(C)[C@@H](CNC(=O)c1cc(F)c(F)cc1Cl)c1ccccc1. The highest BCUT2D eigenvalue weighted by Crippen LogP contribution is 2.21. The highest BCUT2D eigenvalue weighted by molar-refractivity contribution is 6.33. The molecule has 3 nitrogen and oxygen atoms in total. The highest BCUT2D eigenvalue weighted by atomic mass is 35.5. The van der Waals surface area contributed by atoms with Gasteiger partial charge in [-0.15, -0.1) is 0 Å². The smallest absolute Gasteiger partial charge is 0.252 e. The number of hydrogen-bond donors (Lipinski definition) is 1. The maximum Gasteiger partial charge on any atom is 0.252 e. The van der Waals surface area contributed by atoms with Crippen molar-refractivity contribution in [3.05, 3.63) is 70.2 Å². The Morgan fingerprint density at radius 3 is 2.39 bits per heavy atom. The molecule has 0 radical (unpaired) electrons. The van der Waals surface area contributed by atoms with Crippen molar-refractivity contribution in [2.45, 2.75) is 6.04 Å². The van der Waals surface area contributed by atoms with E-state index >= 15 is 0 Å². The van der Waals surface area contributed by atoms with E-state index in [1.807, 2.05) is 49.3 Å². The van der Waals surface area contributed by atoms with Crippen molar-refractivity contribution in [1.82, 2.24) is 10.2 Å². The van der Waals surface area contributed by atoms with Crippen molar-refractivity contribution in [2.75, 3.05) is 20.6 Å². The molecule has 0 aliphatic heterocycles. The second-order valence-electron chi connectivity index (χ2n) is 5.35. The van der Waals surface area contributed by atoms with Crippen LogP contribution < -0.4 is 5.32 Å². The van der Waals surface area contributed by atoms with Crippen LogP contribution in [0.3, 0.4) is 0 Å². The molecule has 0 saturated carbocycles. The van der Waals surface area contributed by atoms with Crippen LogP contribution in [-0.2, 0) is 0 Å². The molecule has 0 saturated heterocycles. The van der Waals surface area contributed by atoms with Gasteiger partial charge >= 0.3 is 0 Å². The van der Waals surface area contributed by atoms with Gasteiger partial charge in [0.05, 0.1) is 16.6 Å². The van der Waals surface area contributed by atoms with Gasteiger partial charge in [0.2, 0.25) is 0 Å². The van der Waals surface area contributed by atoms with Crippen LogP contribution in [0.1, 0.15) is 22.0 Å². The van der Waals surface area contributed by atoms with Gasteiger partial charge in [-0.1, -0.05) is 41.9 Å². The molecule has 1 N–H and O–H groups in total. The van der Waals surface area contributed by atoms with Gasteiger partial charge in [-0.3, -0.25) is 4.79 Å². The summed E-state index contributed by atoms with van der Waals surface area (Å²) in [4.78, 5) is 14.1. The molecule has 1 atom stereocenters. The summed E-state index contributed by atoms with van der Waals surface area (Å²) in [7, 11) is 3.79. The minimum Gasteiger partial charge on any atom is -0.350 e. The lowest BCUT2D eigenvalue weighted by molar-refractivity contribution is 0.0941. The number of benzene rings is 2. The molecule has 122 valence electrons. The molecule has 0 aliphatic carbocycles. The molecular formula is C17H17ClF2N2O. The van der Waals surface area contributed by atoms with Crippen LogP contribution in [0.25, 0.3) is 0 Å². The number of nitrogens with zero attached hydrogens (tertiary/aromatic N) is 1. The molecular weight excluding hydrogens is 322 g/mol. The summed E-state index contributed by atoms with van der Waals surface area (Å²) in [6.45, 7) is 0.311. The zero-order chi connectivity index (χ0) is 17.0. The van der Waals surface area contributed by atoms with Gasteiger partial charge in [-0.2, -0.15) is 0 Å². The molecule has 2 aromatic carbocycles. The molecule has 0 spiro atoms. The zero-order valence-electron chi connectivity index (χ0n) is 12.8. The number of amides is 1. The molecule has 0 heterocycles. The van der Waals surface area contributed by atoms with Crippen molar-refractivity contribution < 1.29 is 13.6 Å². The lowest BCUT2D eigenvalue weighted by Crippen LogP contribution is -2.34. The number of carbonyl (C=O) groups is 1. The Morgan fingerprint density at radius 1 is 1.17 bits per heavy atom. The summed E-state index contributed by atoms with van der Waals surface area (Å²) >= 11 is 5.81. The number of rotatable bonds is 5. The zero-order valence-corrected chi connectivity index (χ0v) is 13.6. The number of carbonyl (C=O) groups excluding carboxylic acids is 1. The Hall–Kier alpha value is -1.98. The molecule has 0 aliphatic rings. The quantitative estimate of drug-likeness (QED) is 0.844. The van der Waals surface area contributed by atoms with E-state index in [1.54, 1.807) is 0 Å². The number of halogens is 3. The first-order valence-corrected chi connectivity index (χ1v) is 7.42. The Bertz CT molecular complexity index is 692. The summed E-state index contributed by atoms with van der Waals surface area (Å²) in [6, 6.07) is 11.2. The third kappa shape index (κ3) is 4.27. The maximum absolute atomic E-state index is 13.3. The molecule has 0 unspecified atom stereocenters. The molecule has 0 bridgehead atoms. The van der Waals surface area contributed by atoms with E-state index in [4.69, 9.17) is 11.6 Å². The van der Waals surface area contributed by atoms with Gasteiger partial charge in [0.25, 0.3) is 5.91 Å². The average Bonchev–Trinajstić information content (AvgIpc) is 2.51. The van der Waals surface area contributed by atoms with Crippen molar-refractivity contribution >= 4 is 17.5 Å². The van der Waals surface area contributed by atoms with Gasteiger partial charge in [0, 0.05) is 6.54 Å². The second-order valence-corrected chi connectivity index (χ2v) is 5.75. The van der Waals surface area contributed by atoms with Crippen LogP contribution in [0, 0.1) is 11.6 Å². The third-order valence-corrected chi connectivity index (χ3v) is 3.83. The molecule has 2 aromatic rings. The monoisotopic (exact) mass is 338 g/mol. The summed E-state index contributed by atoms with van der Waals surface area (Å²) in [5.41, 5.74) is 0.949. The van der Waals surface area contributed by atoms with E-state index in [2.05, 4.69) is 5.32 Å². The van der Waals surface area contributed by atoms with Gasteiger partial charge in [-0.05, 0) is 31.8 Å². The largest absolute Gasteiger partial charge is 0.350 e. The van der Waals surface area contributed by atoms with Gasteiger partial charge < -0.3 is 10.2 Å². The molecule has 2 rings (SSSR count). The number of likely N-dealkylation sites (N-methyl/N-ethyl adjacent to an activating group) is 1. The fourth-order valence-corrected chi connectivity index (χ4v) is 2.49. The molecule has 23 heavy (non-hydrogen) atoms. The van der Waals surface area contributed by atoms with Crippen LogP contribution in [-0.4, -0.2) is 31.4 Å².